The van der Waals surface area contributed by atoms with Crippen LogP contribution < -0.4 is 10.6 Å². The molecule has 2 bridgehead atoms. The summed E-state index contributed by atoms with van der Waals surface area (Å²) in [6.07, 6.45) is 6.92. The molecular weight excluding hydrogens is 482 g/mol. The SMILES string of the molecule is CC(C)C[C@H](CO)N1C(=O)[C@@H]2[C@H](C(=O)NCc3ccccc3)[C@]3(C)CCC2(O3)C1C(=O)NC1CCCCC1. The van der Waals surface area contributed by atoms with Crippen LogP contribution in [0.25, 0.3) is 0 Å². The fourth-order valence-corrected chi connectivity index (χ4v) is 7.70. The summed E-state index contributed by atoms with van der Waals surface area (Å²) >= 11 is 0. The zero-order chi connectivity index (χ0) is 27.1. The molecule has 3 N–H and O–H groups in total. The Hall–Kier alpha value is -2.45. The normalized spacial score (nSPS) is 33.4. The lowest BCUT2D eigenvalue weighted by molar-refractivity contribution is -0.150. The van der Waals surface area contributed by atoms with Gasteiger partial charge in [-0.05, 0) is 50.5 Å². The van der Waals surface area contributed by atoms with E-state index in [1.54, 1.807) is 4.90 Å². The van der Waals surface area contributed by atoms with Gasteiger partial charge in [0.1, 0.15) is 11.6 Å². The predicted octanol–water partition coefficient (Wildman–Crippen LogP) is 2.92. The molecule has 1 aliphatic carbocycles. The number of ether oxygens (including phenoxy) is 1. The van der Waals surface area contributed by atoms with Crippen molar-refractivity contribution in [3.8, 4) is 0 Å². The van der Waals surface area contributed by atoms with Crippen molar-refractivity contribution >= 4 is 17.7 Å². The number of fused-ring (bicyclic) bond motifs is 1. The predicted molar refractivity (Wildman–Crippen MR) is 143 cm³/mol. The first-order valence-electron chi connectivity index (χ1n) is 14.5. The number of nitrogens with one attached hydrogen (secondary N) is 2. The third-order valence-corrected chi connectivity index (χ3v) is 9.35. The van der Waals surface area contributed by atoms with E-state index in [4.69, 9.17) is 4.74 Å². The first kappa shape index (κ1) is 27.1. The number of benzene rings is 1. The Labute approximate surface area is 225 Å². The molecule has 8 heteroatoms. The van der Waals surface area contributed by atoms with Crippen molar-refractivity contribution in [2.45, 2.75) is 108 Å². The average molecular weight is 526 g/mol. The van der Waals surface area contributed by atoms with E-state index in [0.717, 1.165) is 31.2 Å². The maximum absolute atomic E-state index is 14.3. The molecular formula is C30H43N3O5. The number of carbonyl (C=O) groups is 3. The molecule has 3 amide bonds. The molecule has 208 valence electrons. The largest absolute Gasteiger partial charge is 0.394 e. The van der Waals surface area contributed by atoms with Gasteiger partial charge in [0, 0.05) is 12.6 Å². The summed E-state index contributed by atoms with van der Waals surface area (Å²) in [4.78, 5) is 43.6. The van der Waals surface area contributed by atoms with Crippen molar-refractivity contribution in [2.24, 2.45) is 17.8 Å². The van der Waals surface area contributed by atoms with E-state index in [-0.39, 0.29) is 36.3 Å². The number of likely N-dealkylation sites (tertiary alicyclic amines) is 1. The number of amides is 3. The van der Waals surface area contributed by atoms with E-state index >= 15 is 0 Å². The zero-order valence-electron chi connectivity index (χ0n) is 22.9. The van der Waals surface area contributed by atoms with Crippen LogP contribution in [-0.2, 0) is 25.7 Å². The molecule has 5 rings (SSSR count). The Bertz CT molecular complexity index is 1040. The number of hydrogen-bond donors (Lipinski definition) is 3. The minimum atomic E-state index is -1.07. The minimum Gasteiger partial charge on any atom is -0.394 e. The second kappa shape index (κ2) is 10.6. The summed E-state index contributed by atoms with van der Waals surface area (Å²) < 4.78 is 6.71. The van der Waals surface area contributed by atoms with Crippen molar-refractivity contribution < 1.29 is 24.2 Å². The van der Waals surface area contributed by atoms with Gasteiger partial charge in [-0.2, -0.15) is 0 Å². The van der Waals surface area contributed by atoms with E-state index in [2.05, 4.69) is 10.6 Å². The number of aliphatic hydroxyl groups excluding tert-OH is 1. The highest BCUT2D eigenvalue weighted by molar-refractivity contribution is 5.99. The quantitative estimate of drug-likeness (QED) is 0.460. The third-order valence-electron chi connectivity index (χ3n) is 9.35. The van der Waals surface area contributed by atoms with Gasteiger partial charge in [-0.15, -0.1) is 0 Å². The van der Waals surface area contributed by atoms with Gasteiger partial charge in [-0.25, -0.2) is 0 Å². The van der Waals surface area contributed by atoms with E-state index in [1.165, 1.54) is 6.42 Å². The molecule has 38 heavy (non-hydrogen) atoms. The first-order valence-corrected chi connectivity index (χ1v) is 14.5. The summed E-state index contributed by atoms with van der Waals surface area (Å²) in [5, 5.41) is 16.7. The molecule has 1 aromatic carbocycles. The van der Waals surface area contributed by atoms with Crippen molar-refractivity contribution in [1.82, 2.24) is 15.5 Å². The number of carbonyl (C=O) groups excluding carboxylic acids is 3. The molecule has 1 aromatic rings. The lowest BCUT2D eigenvalue weighted by atomic mass is 9.66. The summed E-state index contributed by atoms with van der Waals surface area (Å²) in [5.41, 5.74) is -0.904. The molecule has 6 atom stereocenters. The zero-order valence-corrected chi connectivity index (χ0v) is 22.9. The van der Waals surface area contributed by atoms with Crippen LogP contribution >= 0.6 is 0 Å². The minimum absolute atomic E-state index is 0.0838. The van der Waals surface area contributed by atoms with Crippen LogP contribution in [0.4, 0.5) is 0 Å². The first-order chi connectivity index (χ1) is 18.2. The van der Waals surface area contributed by atoms with Gasteiger partial charge in [0.2, 0.25) is 17.7 Å². The Kier molecular flexibility index (Phi) is 7.57. The van der Waals surface area contributed by atoms with Crippen LogP contribution in [0.1, 0.15) is 77.7 Å². The van der Waals surface area contributed by atoms with Gasteiger partial charge in [-0.1, -0.05) is 63.4 Å². The maximum Gasteiger partial charge on any atom is 0.246 e. The Morgan fingerprint density at radius 2 is 1.82 bits per heavy atom. The highest BCUT2D eigenvalue weighted by atomic mass is 16.5. The van der Waals surface area contributed by atoms with Gasteiger partial charge in [0.15, 0.2) is 0 Å². The number of rotatable bonds is 9. The van der Waals surface area contributed by atoms with E-state index < -0.39 is 35.1 Å². The maximum atomic E-state index is 14.3. The summed E-state index contributed by atoms with van der Waals surface area (Å²) in [6.45, 7) is 6.13. The Morgan fingerprint density at radius 1 is 1.11 bits per heavy atom. The lowest BCUT2D eigenvalue weighted by Gasteiger charge is -2.38. The Balaban J connectivity index is 1.47. The van der Waals surface area contributed by atoms with Crippen LogP contribution in [0, 0.1) is 17.8 Å². The number of nitrogens with zero attached hydrogens (tertiary/aromatic N) is 1. The van der Waals surface area contributed by atoms with E-state index in [0.29, 0.717) is 25.8 Å². The second-order valence-corrected chi connectivity index (χ2v) is 12.5. The summed E-state index contributed by atoms with van der Waals surface area (Å²) in [5.74, 6) is -1.88. The number of hydrogen-bond acceptors (Lipinski definition) is 5. The van der Waals surface area contributed by atoms with Crippen LogP contribution in [0.3, 0.4) is 0 Å². The van der Waals surface area contributed by atoms with Crippen LogP contribution in [-0.4, -0.2) is 63.7 Å². The van der Waals surface area contributed by atoms with Gasteiger partial charge >= 0.3 is 0 Å². The molecule has 8 nitrogen and oxygen atoms in total. The van der Waals surface area contributed by atoms with Gasteiger partial charge in [-0.3, -0.25) is 14.4 Å². The molecule has 0 radical (unpaired) electrons. The average Bonchev–Trinajstić information content (AvgIpc) is 3.47. The fourth-order valence-electron chi connectivity index (χ4n) is 7.70. The van der Waals surface area contributed by atoms with Crippen molar-refractivity contribution in [2.75, 3.05) is 6.61 Å². The van der Waals surface area contributed by atoms with Gasteiger partial charge in [0.05, 0.1) is 30.1 Å². The topological polar surface area (TPSA) is 108 Å². The van der Waals surface area contributed by atoms with Gasteiger partial charge in [0.25, 0.3) is 0 Å². The van der Waals surface area contributed by atoms with Crippen molar-refractivity contribution in [1.29, 1.82) is 0 Å². The van der Waals surface area contributed by atoms with Crippen LogP contribution in [0.15, 0.2) is 30.3 Å². The number of aliphatic hydroxyl groups is 1. The highest BCUT2D eigenvalue weighted by Crippen LogP contribution is 2.63. The molecule has 1 spiro atoms. The van der Waals surface area contributed by atoms with E-state index in [1.807, 2.05) is 51.1 Å². The van der Waals surface area contributed by atoms with Crippen molar-refractivity contribution in [3.63, 3.8) is 0 Å². The third kappa shape index (κ3) is 4.64. The molecule has 2 unspecified atom stereocenters. The van der Waals surface area contributed by atoms with Crippen LogP contribution in [0.2, 0.25) is 0 Å². The molecule has 3 saturated heterocycles. The molecule has 0 aromatic heterocycles. The molecule has 4 aliphatic rings. The molecule has 3 aliphatic heterocycles. The van der Waals surface area contributed by atoms with E-state index in [9.17, 15) is 19.5 Å². The second-order valence-electron chi connectivity index (χ2n) is 12.5. The molecule has 1 saturated carbocycles. The highest BCUT2D eigenvalue weighted by Gasteiger charge is 2.78. The smallest absolute Gasteiger partial charge is 0.246 e. The summed E-state index contributed by atoms with van der Waals surface area (Å²) in [7, 11) is 0. The molecule has 3 heterocycles. The lowest BCUT2D eigenvalue weighted by Crippen LogP contribution is -2.59. The summed E-state index contributed by atoms with van der Waals surface area (Å²) in [6, 6.07) is 8.41. The monoisotopic (exact) mass is 525 g/mol. The molecule has 4 fully saturated rings. The van der Waals surface area contributed by atoms with Crippen molar-refractivity contribution in [3.05, 3.63) is 35.9 Å². The fraction of sp³-hybridized carbons (Fsp3) is 0.700. The Morgan fingerprint density at radius 3 is 2.47 bits per heavy atom. The standard InChI is InChI=1S/C30H43N3O5/c1-19(2)16-22(18-34)33-25(27(36)32-21-12-8-5-9-13-21)30-15-14-29(3,38-30)23(24(30)28(33)37)26(35)31-17-20-10-6-4-7-11-20/h4,6-7,10-11,19,21-25,34H,5,8-9,12-18H2,1-3H3,(H,31,35)(H,32,36)/t22-,23-,24+,25?,29+,30?/m1/s1. The van der Waals surface area contributed by atoms with Gasteiger partial charge < -0.3 is 25.4 Å². The van der Waals surface area contributed by atoms with Crippen LogP contribution in [0.5, 0.6) is 0 Å².